The van der Waals surface area contributed by atoms with Crippen LogP contribution in [0.25, 0.3) is 0 Å². The van der Waals surface area contributed by atoms with E-state index in [9.17, 15) is 17.6 Å². The number of carbonyl (C=O) groups is 1. The maximum Gasteiger partial charge on any atom is 0.264 e. The topological polar surface area (TPSA) is 66.5 Å². The number of nitrogens with zero attached hydrogens (tertiary/aromatic N) is 1. The lowest BCUT2D eigenvalue weighted by molar-refractivity contribution is 0.102. The third-order valence-corrected chi connectivity index (χ3v) is 6.66. The fraction of sp³-hybridized carbons (Fsp3) is 0.136. The van der Waals surface area contributed by atoms with Gasteiger partial charge in [-0.25, -0.2) is 12.8 Å². The van der Waals surface area contributed by atoms with Gasteiger partial charge in [0.25, 0.3) is 15.9 Å². The van der Waals surface area contributed by atoms with E-state index in [0.29, 0.717) is 17.9 Å². The molecule has 148 valence electrons. The summed E-state index contributed by atoms with van der Waals surface area (Å²) in [7, 11) is -3.81. The van der Waals surface area contributed by atoms with Crippen LogP contribution in [0.1, 0.15) is 22.3 Å². The van der Waals surface area contributed by atoms with Crippen molar-refractivity contribution in [1.29, 1.82) is 0 Å². The van der Waals surface area contributed by atoms with Gasteiger partial charge in [0.1, 0.15) is 5.82 Å². The highest BCUT2D eigenvalue weighted by atomic mass is 32.2. The minimum absolute atomic E-state index is 0.0564. The predicted octanol–water partition coefficient (Wildman–Crippen LogP) is 4.22. The van der Waals surface area contributed by atoms with Crippen molar-refractivity contribution in [3.8, 4) is 0 Å². The van der Waals surface area contributed by atoms with Gasteiger partial charge in [0.15, 0.2) is 0 Å². The van der Waals surface area contributed by atoms with Crippen LogP contribution in [-0.2, 0) is 16.4 Å². The largest absolute Gasteiger partial charge is 0.322 e. The summed E-state index contributed by atoms with van der Waals surface area (Å²) in [6.45, 7) is 0.394. The number of para-hydroxylation sites is 1. The lowest BCUT2D eigenvalue weighted by Gasteiger charge is -2.30. The number of hydrogen-bond acceptors (Lipinski definition) is 3. The van der Waals surface area contributed by atoms with Crippen LogP contribution in [0.2, 0.25) is 0 Å². The van der Waals surface area contributed by atoms with Crippen LogP contribution < -0.4 is 9.62 Å². The van der Waals surface area contributed by atoms with Gasteiger partial charge in [0, 0.05) is 17.8 Å². The first-order chi connectivity index (χ1) is 13.9. The van der Waals surface area contributed by atoms with Crippen molar-refractivity contribution in [3.63, 3.8) is 0 Å². The van der Waals surface area contributed by atoms with Crippen LogP contribution in [0, 0.1) is 5.82 Å². The molecule has 5 nitrogen and oxygen atoms in total. The Morgan fingerprint density at radius 2 is 1.72 bits per heavy atom. The maximum atomic E-state index is 13.3. The first-order valence-corrected chi connectivity index (χ1v) is 10.7. The van der Waals surface area contributed by atoms with Crippen molar-refractivity contribution in [1.82, 2.24) is 0 Å². The van der Waals surface area contributed by atoms with E-state index < -0.39 is 21.7 Å². The van der Waals surface area contributed by atoms with Gasteiger partial charge in [-0.2, -0.15) is 0 Å². The Kier molecular flexibility index (Phi) is 5.07. The van der Waals surface area contributed by atoms with Crippen molar-refractivity contribution >= 4 is 27.3 Å². The van der Waals surface area contributed by atoms with Crippen LogP contribution >= 0.6 is 0 Å². The third-order valence-electron chi connectivity index (χ3n) is 4.85. The Hall–Kier alpha value is -3.19. The van der Waals surface area contributed by atoms with E-state index in [1.165, 1.54) is 40.7 Å². The van der Waals surface area contributed by atoms with Crippen molar-refractivity contribution in [2.75, 3.05) is 16.2 Å². The van der Waals surface area contributed by atoms with Crippen LogP contribution in [0.3, 0.4) is 0 Å². The molecule has 1 N–H and O–H groups in total. The molecule has 0 spiro atoms. The van der Waals surface area contributed by atoms with Crippen molar-refractivity contribution in [2.24, 2.45) is 0 Å². The number of anilines is 2. The summed E-state index contributed by atoms with van der Waals surface area (Å²) in [5.41, 5.74) is 2.31. The van der Waals surface area contributed by atoms with Gasteiger partial charge < -0.3 is 5.32 Å². The molecule has 0 aromatic heterocycles. The summed E-state index contributed by atoms with van der Waals surface area (Å²) < 4.78 is 41.0. The van der Waals surface area contributed by atoms with Crippen LogP contribution in [0.15, 0.2) is 77.7 Å². The number of aryl methyl sites for hydroxylation is 1. The Labute approximate surface area is 168 Å². The molecule has 29 heavy (non-hydrogen) atoms. The molecule has 1 aliphatic rings. The molecule has 0 radical (unpaired) electrons. The highest BCUT2D eigenvalue weighted by Gasteiger charge is 2.29. The first kappa shape index (κ1) is 19.1. The van der Waals surface area contributed by atoms with E-state index in [2.05, 4.69) is 5.32 Å². The van der Waals surface area contributed by atoms with Gasteiger partial charge in [0.05, 0.1) is 10.6 Å². The summed E-state index contributed by atoms with van der Waals surface area (Å²) >= 11 is 0. The molecule has 1 amide bonds. The second-order valence-electron chi connectivity index (χ2n) is 6.80. The molecule has 0 aliphatic carbocycles. The van der Waals surface area contributed by atoms with Gasteiger partial charge in [-0.3, -0.25) is 9.10 Å². The van der Waals surface area contributed by atoms with E-state index in [1.807, 2.05) is 18.2 Å². The highest BCUT2D eigenvalue weighted by Crippen LogP contribution is 2.32. The molecule has 0 bridgehead atoms. The average molecular weight is 410 g/mol. The number of nitrogens with one attached hydrogen (secondary N) is 1. The van der Waals surface area contributed by atoms with E-state index in [1.54, 1.807) is 18.2 Å². The van der Waals surface area contributed by atoms with Gasteiger partial charge in [-0.15, -0.1) is 0 Å². The quantitative estimate of drug-likeness (QED) is 0.700. The molecule has 3 aromatic carbocycles. The Balaban J connectivity index is 1.63. The summed E-state index contributed by atoms with van der Waals surface area (Å²) in [4.78, 5) is 12.6. The fourth-order valence-electron chi connectivity index (χ4n) is 3.41. The van der Waals surface area contributed by atoms with E-state index in [-0.39, 0.29) is 10.5 Å². The lowest BCUT2D eigenvalue weighted by Crippen LogP contribution is -2.35. The van der Waals surface area contributed by atoms with Crippen molar-refractivity contribution in [3.05, 3.63) is 89.7 Å². The van der Waals surface area contributed by atoms with Crippen molar-refractivity contribution in [2.45, 2.75) is 17.7 Å². The molecule has 4 rings (SSSR count). The van der Waals surface area contributed by atoms with Crippen LogP contribution in [-0.4, -0.2) is 20.9 Å². The number of halogens is 1. The molecule has 0 saturated carbocycles. The molecule has 0 fully saturated rings. The maximum absolute atomic E-state index is 13.3. The minimum Gasteiger partial charge on any atom is -0.322 e. The molecule has 0 saturated heterocycles. The Morgan fingerprint density at radius 3 is 2.52 bits per heavy atom. The SMILES string of the molecule is O=C(Nc1ccc(F)cc1)c1cccc(S(=O)(=O)N2CCCc3ccccc32)c1. The zero-order chi connectivity index (χ0) is 20.4. The van der Waals surface area contributed by atoms with Gasteiger partial charge in [0.2, 0.25) is 0 Å². The van der Waals surface area contributed by atoms with E-state index in [4.69, 9.17) is 0 Å². The van der Waals surface area contributed by atoms with Crippen LogP contribution in [0.5, 0.6) is 0 Å². The molecular weight excluding hydrogens is 391 g/mol. The molecule has 1 heterocycles. The number of rotatable bonds is 4. The number of carbonyl (C=O) groups excluding carboxylic acids is 1. The number of fused-ring (bicyclic) bond motifs is 1. The lowest BCUT2D eigenvalue weighted by atomic mass is 10.0. The van der Waals surface area contributed by atoms with Gasteiger partial charge >= 0.3 is 0 Å². The summed E-state index contributed by atoms with van der Waals surface area (Å²) in [5, 5.41) is 2.65. The van der Waals surface area contributed by atoms with E-state index >= 15 is 0 Å². The molecular formula is C22H19FN2O3S. The number of hydrogen-bond donors (Lipinski definition) is 1. The Morgan fingerprint density at radius 1 is 0.966 bits per heavy atom. The predicted molar refractivity (Wildman–Crippen MR) is 110 cm³/mol. The van der Waals surface area contributed by atoms with Crippen molar-refractivity contribution < 1.29 is 17.6 Å². The number of amides is 1. The molecule has 3 aromatic rings. The smallest absolute Gasteiger partial charge is 0.264 e. The molecule has 0 unspecified atom stereocenters. The Bertz CT molecular complexity index is 1160. The number of sulfonamides is 1. The number of benzene rings is 3. The zero-order valence-electron chi connectivity index (χ0n) is 15.5. The summed E-state index contributed by atoms with van der Waals surface area (Å²) in [6.07, 6.45) is 1.57. The van der Waals surface area contributed by atoms with E-state index in [0.717, 1.165) is 18.4 Å². The normalized spacial score (nSPS) is 13.6. The zero-order valence-corrected chi connectivity index (χ0v) is 16.3. The highest BCUT2D eigenvalue weighted by molar-refractivity contribution is 7.92. The fourth-order valence-corrected chi connectivity index (χ4v) is 5.00. The average Bonchev–Trinajstić information content (AvgIpc) is 2.75. The molecule has 0 atom stereocenters. The van der Waals surface area contributed by atoms with Gasteiger partial charge in [-0.05, 0) is 66.9 Å². The second kappa shape index (κ2) is 7.67. The molecule has 1 aliphatic heterocycles. The first-order valence-electron chi connectivity index (χ1n) is 9.23. The summed E-state index contributed by atoms with van der Waals surface area (Å²) in [5.74, 6) is -0.870. The minimum atomic E-state index is -3.81. The summed E-state index contributed by atoms with van der Waals surface area (Å²) in [6, 6.07) is 18.8. The monoisotopic (exact) mass is 410 g/mol. The standard InChI is InChI=1S/C22H19FN2O3S/c23-18-10-12-19(13-11-18)24-22(26)17-6-3-8-20(15-17)29(27,28)25-14-4-7-16-5-1-2-9-21(16)25/h1-3,5-6,8-13,15H,4,7,14H2,(H,24,26). The third kappa shape index (κ3) is 3.86. The second-order valence-corrected chi connectivity index (χ2v) is 8.66. The van der Waals surface area contributed by atoms with Gasteiger partial charge in [-0.1, -0.05) is 24.3 Å². The van der Waals surface area contributed by atoms with Crippen LogP contribution in [0.4, 0.5) is 15.8 Å². The molecule has 7 heteroatoms.